The van der Waals surface area contributed by atoms with Gasteiger partial charge in [0.2, 0.25) is 0 Å². The molecule has 7 aromatic rings. The molecule has 61 heavy (non-hydrogen) atoms. The predicted octanol–water partition coefficient (Wildman–Crippen LogP) is 15.8. The van der Waals surface area contributed by atoms with Crippen molar-refractivity contribution in [3.63, 3.8) is 0 Å². The summed E-state index contributed by atoms with van der Waals surface area (Å²) in [7, 11) is 0. The number of anilines is 3. The highest BCUT2D eigenvalue weighted by atomic mass is 16.5. The molecule has 0 N–H and O–H groups in total. The van der Waals surface area contributed by atoms with E-state index in [0.717, 1.165) is 29.0 Å². The Balaban J connectivity index is 0.976. The van der Waals surface area contributed by atoms with E-state index in [2.05, 4.69) is 184 Å². The third-order valence-corrected chi connectivity index (χ3v) is 17.4. The summed E-state index contributed by atoms with van der Waals surface area (Å²) in [5.41, 5.74) is 15.3. The lowest BCUT2D eigenvalue weighted by molar-refractivity contribution is -0.0882. The Morgan fingerprint density at radius 1 is 0.475 bits per heavy atom. The molecule has 2 nitrogen and oxygen atoms in total. The van der Waals surface area contributed by atoms with E-state index in [0.29, 0.717) is 17.3 Å². The van der Waals surface area contributed by atoms with E-state index in [1.54, 1.807) is 0 Å². The smallest absolute Gasteiger partial charge is 0.131 e. The van der Waals surface area contributed by atoms with Gasteiger partial charge in [-0.1, -0.05) is 131 Å². The number of nitrogens with zero attached hydrogens (tertiary/aromatic N) is 1. The molecule has 7 aromatic carbocycles. The Labute approximate surface area is 361 Å². The highest BCUT2D eigenvalue weighted by molar-refractivity contribution is 5.97. The molecule has 13 rings (SSSR count). The van der Waals surface area contributed by atoms with Gasteiger partial charge in [0, 0.05) is 33.6 Å². The van der Waals surface area contributed by atoms with Crippen molar-refractivity contribution in [2.24, 2.45) is 29.1 Å². The number of rotatable bonds is 5. The first-order valence-electron chi connectivity index (χ1n) is 23.2. The quantitative estimate of drug-likeness (QED) is 0.172. The fraction of sp³-hybridized carbons (Fsp3) is 0.322. The third kappa shape index (κ3) is 4.97. The lowest BCUT2D eigenvalue weighted by Gasteiger charge is -2.66. The molecule has 0 amide bonds. The summed E-state index contributed by atoms with van der Waals surface area (Å²) in [6.45, 7) is 9.70. The molecular weight excluding hydrogens is 739 g/mol. The van der Waals surface area contributed by atoms with Gasteiger partial charge in [-0.3, -0.25) is 0 Å². The minimum atomic E-state index is -0.000438. The Bertz CT molecular complexity index is 2900. The SMILES string of the molecule is CC1(C)CCC(C)(C)c2cc(-c3cccc(N(c4ccc(-c5cccc6ccccc56)cc4)c4ccc5c(c4)C4(c6ccccc6O5)C5CC6CC7CC4C5(C6)C7)c3)ccc21. The molecule has 1 aliphatic heterocycles. The largest absolute Gasteiger partial charge is 0.457 e. The van der Waals surface area contributed by atoms with Crippen LogP contribution in [0.25, 0.3) is 33.0 Å². The second-order valence-corrected chi connectivity index (χ2v) is 21.3. The normalized spacial score (nSPS) is 27.7. The minimum absolute atomic E-state index is 0.000438. The van der Waals surface area contributed by atoms with E-state index in [1.807, 2.05) is 0 Å². The van der Waals surface area contributed by atoms with Crippen LogP contribution in [0.15, 0.2) is 152 Å². The van der Waals surface area contributed by atoms with Crippen molar-refractivity contribution in [1.82, 2.24) is 0 Å². The summed E-state index contributed by atoms with van der Waals surface area (Å²) in [5.74, 6) is 5.26. The highest BCUT2D eigenvalue weighted by Gasteiger charge is 2.79. The molecule has 0 radical (unpaired) electrons. The van der Waals surface area contributed by atoms with Crippen LogP contribution in [0.1, 0.15) is 94.9 Å². The molecule has 0 saturated heterocycles. The average molecular weight is 794 g/mol. The van der Waals surface area contributed by atoms with Crippen molar-refractivity contribution in [3.05, 3.63) is 174 Å². The van der Waals surface area contributed by atoms with Crippen LogP contribution in [-0.2, 0) is 16.2 Å². The van der Waals surface area contributed by atoms with E-state index in [4.69, 9.17) is 4.74 Å². The molecule has 0 aromatic heterocycles. The van der Waals surface area contributed by atoms with E-state index in [-0.39, 0.29) is 16.2 Å². The van der Waals surface area contributed by atoms with Crippen LogP contribution < -0.4 is 9.64 Å². The summed E-state index contributed by atoms with van der Waals surface area (Å²) < 4.78 is 6.92. The molecule has 1 heterocycles. The van der Waals surface area contributed by atoms with Crippen molar-refractivity contribution in [2.45, 2.75) is 88.9 Å². The maximum absolute atomic E-state index is 6.92. The third-order valence-electron chi connectivity index (χ3n) is 17.4. The van der Waals surface area contributed by atoms with Crippen molar-refractivity contribution in [1.29, 1.82) is 0 Å². The Morgan fingerprint density at radius 3 is 1.93 bits per heavy atom. The highest BCUT2D eigenvalue weighted by Crippen LogP contribution is 2.85. The maximum Gasteiger partial charge on any atom is 0.131 e. The number of hydrogen-bond acceptors (Lipinski definition) is 2. The lowest BCUT2D eigenvalue weighted by Crippen LogP contribution is -2.64. The van der Waals surface area contributed by atoms with E-state index >= 15 is 0 Å². The van der Waals surface area contributed by atoms with E-state index in [9.17, 15) is 0 Å². The van der Waals surface area contributed by atoms with E-state index in [1.165, 1.54) is 112 Å². The van der Waals surface area contributed by atoms with Gasteiger partial charge in [-0.05, 0) is 178 Å². The Hall–Kier alpha value is -5.60. The molecule has 6 aliphatic rings. The van der Waals surface area contributed by atoms with Gasteiger partial charge in [0.25, 0.3) is 0 Å². The van der Waals surface area contributed by atoms with Crippen molar-refractivity contribution in [2.75, 3.05) is 4.90 Å². The number of benzene rings is 7. The maximum atomic E-state index is 6.92. The molecule has 4 unspecified atom stereocenters. The molecule has 4 atom stereocenters. The molecule has 5 aliphatic carbocycles. The van der Waals surface area contributed by atoms with Gasteiger partial charge in [-0.2, -0.15) is 0 Å². The van der Waals surface area contributed by atoms with Crippen LogP contribution >= 0.6 is 0 Å². The molecule has 3 bridgehead atoms. The van der Waals surface area contributed by atoms with E-state index < -0.39 is 0 Å². The number of fused-ring (bicyclic) bond motifs is 10. The molecule has 2 spiro atoms. The van der Waals surface area contributed by atoms with Crippen LogP contribution in [0, 0.1) is 29.1 Å². The summed E-state index contributed by atoms with van der Waals surface area (Å²) in [5, 5.41) is 2.55. The molecule has 302 valence electrons. The zero-order valence-corrected chi connectivity index (χ0v) is 36.0. The predicted molar refractivity (Wildman–Crippen MR) is 252 cm³/mol. The minimum Gasteiger partial charge on any atom is -0.457 e. The Morgan fingerprint density at radius 2 is 1.11 bits per heavy atom. The molecule has 2 heteroatoms. The van der Waals surface area contributed by atoms with Gasteiger partial charge < -0.3 is 9.64 Å². The Kier molecular flexibility index (Phi) is 7.40. The molecular formula is C59H55NO. The monoisotopic (exact) mass is 793 g/mol. The topological polar surface area (TPSA) is 12.5 Å². The molecule has 4 fully saturated rings. The number of hydrogen-bond donors (Lipinski definition) is 0. The van der Waals surface area contributed by atoms with Gasteiger partial charge >= 0.3 is 0 Å². The summed E-state index contributed by atoms with van der Waals surface area (Å²) >= 11 is 0. The second kappa shape index (κ2) is 12.5. The van der Waals surface area contributed by atoms with Crippen molar-refractivity contribution < 1.29 is 4.74 Å². The van der Waals surface area contributed by atoms with Crippen molar-refractivity contribution >= 4 is 27.8 Å². The van der Waals surface area contributed by atoms with Crippen molar-refractivity contribution in [3.8, 4) is 33.8 Å². The zero-order valence-electron chi connectivity index (χ0n) is 36.0. The lowest BCUT2D eigenvalue weighted by atomic mass is 9.37. The van der Waals surface area contributed by atoms with Gasteiger partial charge in [-0.15, -0.1) is 0 Å². The summed E-state index contributed by atoms with van der Waals surface area (Å²) in [6.07, 6.45) is 9.49. The first kappa shape index (κ1) is 36.1. The zero-order chi connectivity index (χ0) is 40.9. The van der Waals surface area contributed by atoms with Gasteiger partial charge in [0.15, 0.2) is 0 Å². The summed E-state index contributed by atoms with van der Waals surface area (Å²) in [4.78, 5) is 2.52. The first-order chi connectivity index (χ1) is 29.6. The van der Waals surface area contributed by atoms with Crippen LogP contribution in [0.2, 0.25) is 0 Å². The molecule has 4 saturated carbocycles. The fourth-order valence-electron chi connectivity index (χ4n) is 14.8. The van der Waals surface area contributed by atoms with Gasteiger partial charge in [-0.25, -0.2) is 0 Å². The number of ether oxygens (including phenoxy) is 1. The number of para-hydroxylation sites is 1. The van der Waals surface area contributed by atoms with Crippen LogP contribution in [0.4, 0.5) is 17.1 Å². The first-order valence-corrected chi connectivity index (χ1v) is 23.2. The standard InChI is InChI=1S/C59H55NO/c1-56(2)27-28-57(3,4)50-33-42(21-25-48(50)56)41-13-9-14-44(32-41)60(43-22-19-40(20-23-43)47-16-10-12-39-11-5-6-15-46(39)47)45-24-26-53-51(34-45)59(49-17-7-8-18-52(49)61-53)54-30-37-29-38-31-55(59)58(54,35-37)36-38/h5-26,32-34,37-38,54-55H,27-31,35-36H2,1-4H3. The van der Waals surface area contributed by atoms with Crippen LogP contribution in [0.3, 0.4) is 0 Å². The average Bonchev–Trinajstić information content (AvgIpc) is 3.68. The van der Waals surface area contributed by atoms with Gasteiger partial charge in [0.1, 0.15) is 11.5 Å². The van der Waals surface area contributed by atoms with Gasteiger partial charge in [0.05, 0.1) is 0 Å². The second-order valence-electron chi connectivity index (χ2n) is 21.3. The fourth-order valence-corrected chi connectivity index (χ4v) is 14.8. The summed E-state index contributed by atoms with van der Waals surface area (Å²) in [6, 6.07) is 57.6. The van der Waals surface area contributed by atoms with Crippen LogP contribution in [-0.4, -0.2) is 0 Å². The van der Waals surface area contributed by atoms with Crippen LogP contribution in [0.5, 0.6) is 11.5 Å².